The summed E-state index contributed by atoms with van der Waals surface area (Å²) in [6.45, 7) is 0.700. The third-order valence-electron chi connectivity index (χ3n) is 3.63. The molecule has 19 heavy (non-hydrogen) atoms. The van der Waals surface area contributed by atoms with Gasteiger partial charge in [0.25, 0.3) is 0 Å². The molecule has 2 rings (SSSR count). The maximum Gasteiger partial charge on any atom is 0.169 e. The van der Waals surface area contributed by atoms with Gasteiger partial charge in [-0.25, -0.2) is 0 Å². The van der Waals surface area contributed by atoms with Crippen molar-refractivity contribution in [3.8, 4) is 0 Å². The Morgan fingerprint density at radius 1 is 0.947 bits per heavy atom. The fourth-order valence-electron chi connectivity index (χ4n) is 2.82. The highest BCUT2D eigenvalue weighted by Crippen LogP contribution is 2.39. The normalized spacial score (nSPS) is 34.3. The van der Waals surface area contributed by atoms with Gasteiger partial charge in [-0.2, -0.15) is 0 Å². The number of rotatable bonds is 4. The fraction of sp³-hybridized carbons (Fsp3) is 1.00. The summed E-state index contributed by atoms with van der Waals surface area (Å²) in [6, 6.07) is 0. The van der Waals surface area contributed by atoms with E-state index in [1.54, 1.807) is 0 Å². The van der Waals surface area contributed by atoms with Crippen molar-refractivity contribution in [2.75, 3.05) is 13.1 Å². The number of ether oxygens (including phenoxy) is 2. The zero-order valence-electron chi connectivity index (χ0n) is 10.8. The molecule has 2 aliphatic heterocycles. The molecule has 2 aliphatic rings. The molecule has 2 atom stereocenters. The van der Waals surface area contributed by atoms with Crippen LogP contribution in [0.15, 0.2) is 10.2 Å². The van der Waals surface area contributed by atoms with Crippen molar-refractivity contribution in [2.24, 2.45) is 10.2 Å². The summed E-state index contributed by atoms with van der Waals surface area (Å²) in [5.74, 6) is -0.568. The zero-order chi connectivity index (χ0) is 13.6. The van der Waals surface area contributed by atoms with Gasteiger partial charge >= 0.3 is 0 Å². The van der Waals surface area contributed by atoms with Crippen molar-refractivity contribution in [3.05, 3.63) is 20.9 Å². The minimum atomic E-state index is -0.568. The first kappa shape index (κ1) is 14.0. The molecule has 0 aromatic carbocycles. The molecule has 0 bridgehead atoms. The van der Waals surface area contributed by atoms with Gasteiger partial charge in [0.2, 0.25) is 0 Å². The van der Waals surface area contributed by atoms with Gasteiger partial charge < -0.3 is 9.47 Å². The lowest BCUT2D eigenvalue weighted by atomic mass is 9.93. The minimum Gasteiger partial charge on any atom is -0.347 e. The lowest BCUT2D eigenvalue weighted by Crippen LogP contribution is -2.49. The van der Waals surface area contributed by atoms with Crippen LogP contribution in [0.5, 0.6) is 0 Å². The monoisotopic (exact) mass is 266 g/mol. The van der Waals surface area contributed by atoms with E-state index in [2.05, 4.69) is 20.1 Å². The summed E-state index contributed by atoms with van der Waals surface area (Å²) in [5, 5.41) is 7.15. The Bertz CT molecular complexity index is 364. The van der Waals surface area contributed by atoms with Crippen LogP contribution in [0.1, 0.15) is 38.5 Å². The molecule has 8 heteroatoms. The largest absolute Gasteiger partial charge is 0.347 e. The molecule has 0 radical (unpaired) electrons. The second-order valence-corrected chi connectivity index (χ2v) is 5.00. The van der Waals surface area contributed by atoms with Crippen molar-refractivity contribution < 1.29 is 9.47 Å². The molecule has 0 N–H and O–H groups in total. The smallest absolute Gasteiger partial charge is 0.169 e. The molecule has 2 saturated heterocycles. The Morgan fingerprint density at radius 2 is 1.42 bits per heavy atom. The quantitative estimate of drug-likeness (QED) is 0.440. The van der Waals surface area contributed by atoms with Crippen LogP contribution >= 0.6 is 0 Å². The van der Waals surface area contributed by atoms with E-state index >= 15 is 0 Å². The molecule has 0 saturated carbocycles. The lowest BCUT2D eigenvalue weighted by Gasteiger charge is -2.45. The highest BCUT2D eigenvalue weighted by molar-refractivity contribution is 4.85. The predicted octanol–water partition coefficient (Wildman–Crippen LogP) is 3.44. The first-order valence-corrected chi connectivity index (χ1v) is 6.65. The average Bonchev–Trinajstić information content (AvgIpc) is 2.43. The molecule has 1 spiro atoms. The highest BCUT2D eigenvalue weighted by Gasteiger charge is 2.42. The van der Waals surface area contributed by atoms with Gasteiger partial charge in [-0.15, -0.1) is 0 Å². The van der Waals surface area contributed by atoms with E-state index in [9.17, 15) is 0 Å². The van der Waals surface area contributed by atoms with Crippen molar-refractivity contribution in [1.82, 2.24) is 0 Å². The standard InChI is InChI=1S/C11H18N6O2/c12-16-14-7-9-3-1-5-11(18-9)6-2-4-10(19-11)8-15-17-13/h9-10H,1-8H2. The molecule has 2 heterocycles. The van der Waals surface area contributed by atoms with Crippen LogP contribution < -0.4 is 0 Å². The number of azide groups is 2. The van der Waals surface area contributed by atoms with E-state index in [0.29, 0.717) is 13.1 Å². The van der Waals surface area contributed by atoms with Crippen molar-refractivity contribution in [3.63, 3.8) is 0 Å². The summed E-state index contributed by atoms with van der Waals surface area (Å²) in [7, 11) is 0. The molecule has 0 aromatic heterocycles. The lowest BCUT2D eigenvalue weighted by molar-refractivity contribution is -0.311. The van der Waals surface area contributed by atoms with E-state index in [4.69, 9.17) is 20.5 Å². The van der Waals surface area contributed by atoms with E-state index < -0.39 is 5.79 Å². The van der Waals surface area contributed by atoms with E-state index in [0.717, 1.165) is 38.5 Å². The van der Waals surface area contributed by atoms with Gasteiger partial charge in [0.05, 0.1) is 25.3 Å². The molecular formula is C11H18N6O2. The molecule has 0 amide bonds. The summed E-state index contributed by atoms with van der Waals surface area (Å²) in [5.41, 5.74) is 16.7. The Morgan fingerprint density at radius 3 is 1.84 bits per heavy atom. The topological polar surface area (TPSA) is 116 Å². The Balaban J connectivity index is 1.96. The molecule has 2 unspecified atom stereocenters. The highest BCUT2D eigenvalue weighted by atomic mass is 16.7. The Hall–Kier alpha value is -1.46. The second kappa shape index (κ2) is 6.63. The molecule has 0 aliphatic carbocycles. The molecule has 0 aromatic rings. The Kier molecular flexibility index (Phi) is 4.87. The summed E-state index contributed by atoms with van der Waals surface area (Å²) in [4.78, 5) is 5.54. The first-order chi connectivity index (χ1) is 9.28. The predicted molar refractivity (Wildman–Crippen MR) is 68.2 cm³/mol. The summed E-state index contributed by atoms with van der Waals surface area (Å²) in [6.07, 6.45) is 5.36. The van der Waals surface area contributed by atoms with Crippen molar-refractivity contribution >= 4 is 0 Å². The van der Waals surface area contributed by atoms with Crippen LogP contribution in [0.4, 0.5) is 0 Å². The van der Waals surface area contributed by atoms with Gasteiger partial charge in [-0.1, -0.05) is 10.2 Å². The van der Waals surface area contributed by atoms with E-state index in [-0.39, 0.29) is 12.2 Å². The van der Waals surface area contributed by atoms with Crippen LogP contribution in [-0.4, -0.2) is 31.1 Å². The average molecular weight is 266 g/mol. The summed E-state index contributed by atoms with van der Waals surface area (Å²) < 4.78 is 12.0. The van der Waals surface area contributed by atoms with Crippen LogP contribution in [-0.2, 0) is 9.47 Å². The molecular weight excluding hydrogens is 248 g/mol. The second-order valence-electron chi connectivity index (χ2n) is 5.00. The van der Waals surface area contributed by atoms with Crippen LogP contribution in [0.3, 0.4) is 0 Å². The van der Waals surface area contributed by atoms with E-state index in [1.165, 1.54) is 0 Å². The van der Waals surface area contributed by atoms with Gasteiger partial charge in [-0.05, 0) is 36.7 Å². The number of nitrogens with zero attached hydrogens (tertiary/aromatic N) is 6. The summed E-state index contributed by atoms with van der Waals surface area (Å²) >= 11 is 0. The SMILES string of the molecule is [N-]=[N+]=NCC1CCCC2(CCCC(CN=[N+]=[N-])O2)O1. The Labute approximate surface area is 111 Å². The maximum absolute atomic E-state index is 8.36. The number of hydrogen-bond acceptors (Lipinski definition) is 4. The van der Waals surface area contributed by atoms with Gasteiger partial charge in [0, 0.05) is 22.7 Å². The van der Waals surface area contributed by atoms with Crippen LogP contribution in [0.2, 0.25) is 0 Å². The maximum atomic E-state index is 8.36. The van der Waals surface area contributed by atoms with Gasteiger partial charge in [0.1, 0.15) is 0 Å². The van der Waals surface area contributed by atoms with Crippen LogP contribution in [0.25, 0.3) is 20.9 Å². The van der Waals surface area contributed by atoms with Gasteiger partial charge in [-0.3, -0.25) is 0 Å². The third-order valence-corrected chi connectivity index (χ3v) is 3.63. The zero-order valence-corrected chi connectivity index (χ0v) is 10.8. The molecule has 8 nitrogen and oxygen atoms in total. The molecule has 104 valence electrons. The first-order valence-electron chi connectivity index (χ1n) is 6.65. The van der Waals surface area contributed by atoms with E-state index in [1.807, 2.05) is 0 Å². The van der Waals surface area contributed by atoms with Crippen LogP contribution in [0, 0.1) is 0 Å². The van der Waals surface area contributed by atoms with Gasteiger partial charge in [0.15, 0.2) is 5.79 Å². The van der Waals surface area contributed by atoms with Crippen molar-refractivity contribution in [2.45, 2.75) is 56.5 Å². The third kappa shape index (κ3) is 3.75. The number of hydrogen-bond donors (Lipinski definition) is 0. The fourth-order valence-corrected chi connectivity index (χ4v) is 2.82. The van der Waals surface area contributed by atoms with Crippen molar-refractivity contribution in [1.29, 1.82) is 0 Å². The molecule has 2 fully saturated rings. The minimum absolute atomic E-state index is 0.0668.